The van der Waals surface area contributed by atoms with E-state index in [0.29, 0.717) is 35.2 Å². The summed E-state index contributed by atoms with van der Waals surface area (Å²) in [5.41, 5.74) is -0.642. The van der Waals surface area contributed by atoms with Gasteiger partial charge in [0.1, 0.15) is 18.2 Å². The lowest BCUT2D eigenvalue weighted by Crippen LogP contribution is -2.26. The summed E-state index contributed by atoms with van der Waals surface area (Å²) in [6.45, 7) is 2.41. The number of hydrogen-bond donors (Lipinski definition) is 2. The molecule has 0 saturated heterocycles. The molecule has 0 fully saturated rings. The quantitative estimate of drug-likeness (QED) is 0.338. The molecular formula is C26H24F6N2O3. The average Bonchev–Trinajstić information content (AvgIpc) is 2.82. The first-order valence-corrected chi connectivity index (χ1v) is 11.2. The van der Waals surface area contributed by atoms with Crippen LogP contribution in [0.5, 0.6) is 5.75 Å². The molecule has 0 atom stereocenters. The van der Waals surface area contributed by atoms with Gasteiger partial charge in [-0.3, -0.25) is 9.78 Å². The number of aliphatic hydroxyl groups excluding tert-OH is 1. The molecule has 198 valence electrons. The number of aromatic nitrogens is 1. The van der Waals surface area contributed by atoms with Crippen LogP contribution >= 0.6 is 0 Å². The summed E-state index contributed by atoms with van der Waals surface area (Å²) < 4.78 is 87.5. The number of alkyl halides is 5. The molecule has 1 heterocycles. The van der Waals surface area contributed by atoms with Crippen LogP contribution in [0.25, 0.3) is 11.1 Å². The summed E-state index contributed by atoms with van der Waals surface area (Å²) in [7, 11) is 0. The fourth-order valence-electron chi connectivity index (χ4n) is 3.63. The molecular weight excluding hydrogens is 502 g/mol. The standard InChI is InChI=1S/C26H24F6N2O3/c1-3-37-23-9-19(13-33-15(23)2)16-4-5-17(22(27)8-16)10-24(36)34-20-7-6-18(12-25(28,29)14-35)21(11-20)26(30,31)32/h4-9,11,13,35H,3,10,12,14H2,1-2H3,(H,34,36). The Balaban J connectivity index is 1.77. The third kappa shape index (κ3) is 7.22. The van der Waals surface area contributed by atoms with Gasteiger partial charge in [0.2, 0.25) is 5.91 Å². The zero-order chi connectivity index (χ0) is 27.4. The van der Waals surface area contributed by atoms with Crippen molar-refractivity contribution < 1.29 is 41.0 Å². The molecule has 0 saturated carbocycles. The Labute approximate surface area is 209 Å². The van der Waals surface area contributed by atoms with Gasteiger partial charge >= 0.3 is 6.18 Å². The van der Waals surface area contributed by atoms with E-state index in [2.05, 4.69) is 10.3 Å². The summed E-state index contributed by atoms with van der Waals surface area (Å²) in [6, 6.07) is 8.25. The second-order valence-corrected chi connectivity index (χ2v) is 8.33. The van der Waals surface area contributed by atoms with Crippen molar-refractivity contribution in [3.05, 3.63) is 76.9 Å². The number of nitrogens with one attached hydrogen (secondary N) is 1. The van der Waals surface area contributed by atoms with E-state index in [4.69, 9.17) is 9.84 Å². The first-order chi connectivity index (χ1) is 17.3. The minimum atomic E-state index is -4.98. The first-order valence-electron chi connectivity index (χ1n) is 11.2. The van der Waals surface area contributed by atoms with Crippen molar-refractivity contribution in [2.24, 2.45) is 0 Å². The predicted octanol–water partition coefficient (Wildman–Crippen LogP) is 5.96. The number of amides is 1. The molecule has 3 aromatic rings. The molecule has 0 bridgehead atoms. The van der Waals surface area contributed by atoms with E-state index in [1.165, 1.54) is 12.1 Å². The van der Waals surface area contributed by atoms with Crippen LogP contribution in [0.3, 0.4) is 0 Å². The number of hydrogen-bond acceptors (Lipinski definition) is 4. The SMILES string of the molecule is CCOc1cc(-c2ccc(CC(=O)Nc3ccc(CC(F)(F)CO)c(C(F)(F)F)c3)c(F)c2)cnc1C. The lowest BCUT2D eigenvalue weighted by molar-refractivity contribution is -0.139. The van der Waals surface area contributed by atoms with Gasteiger partial charge in [0.25, 0.3) is 5.92 Å². The molecule has 3 rings (SSSR count). The van der Waals surface area contributed by atoms with Crippen LogP contribution in [-0.2, 0) is 23.8 Å². The lowest BCUT2D eigenvalue weighted by atomic mass is 9.99. The Morgan fingerprint density at radius 2 is 1.73 bits per heavy atom. The van der Waals surface area contributed by atoms with E-state index in [0.717, 1.165) is 12.1 Å². The number of anilines is 1. The number of benzene rings is 2. The topological polar surface area (TPSA) is 71.5 Å². The summed E-state index contributed by atoms with van der Waals surface area (Å²) in [6.07, 6.45) is -5.23. The number of aryl methyl sites for hydroxylation is 1. The van der Waals surface area contributed by atoms with Gasteiger partial charge in [0.15, 0.2) is 0 Å². The van der Waals surface area contributed by atoms with Crippen LogP contribution in [-0.4, -0.2) is 35.1 Å². The first kappa shape index (κ1) is 28.0. The van der Waals surface area contributed by atoms with Crippen LogP contribution in [0, 0.1) is 12.7 Å². The summed E-state index contributed by atoms with van der Waals surface area (Å²) >= 11 is 0. The summed E-state index contributed by atoms with van der Waals surface area (Å²) in [5.74, 6) is -4.70. The number of rotatable bonds is 9. The monoisotopic (exact) mass is 526 g/mol. The molecule has 11 heteroatoms. The molecule has 0 aliphatic rings. The number of carbonyl (C=O) groups is 1. The molecule has 0 aliphatic carbocycles. The normalized spacial score (nSPS) is 11.9. The van der Waals surface area contributed by atoms with Crippen LogP contribution in [0.15, 0.2) is 48.7 Å². The summed E-state index contributed by atoms with van der Waals surface area (Å²) in [5, 5.41) is 10.9. The molecule has 37 heavy (non-hydrogen) atoms. The van der Waals surface area contributed by atoms with Gasteiger partial charge in [-0.05, 0) is 54.8 Å². The van der Waals surface area contributed by atoms with Crippen molar-refractivity contribution in [2.45, 2.75) is 38.8 Å². The molecule has 0 spiro atoms. The van der Waals surface area contributed by atoms with E-state index in [1.807, 2.05) is 6.92 Å². The van der Waals surface area contributed by atoms with Gasteiger partial charge < -0.3 is 15.2 Å². The highest BCUT2D eigenvalue weighted by Gasteiger charge is 2.37. The molecule has 2 aromatic carbocycles. The predicted molar refractivity (Wildman–Crippen MR) is 125 cm³/mol. The van der Waals surface area contributed by atoms with Crippen molar-refractivity contribution in [3.63, 3.8) is 0 Å². The van der Waals surface area contributed by atoms with Gasteiger partial charge in [0.05, 0.1) is 24.3 Å². The van der Waals surface area contributed by atoms with E-state index < -0.39 is 54.4 Å². The van der Waals surface area contributed by atoms with E-state index in [9.17, 15) is 31.1 Å². The number of ether oxygens (including phenoxy) is 1. The van der Waals surface area contributed by atoms with Crippen molar-refractivity contribution in [3.8, 4) is 16.9 Å². The molecule has 0 aliphatic heterocycles. The number of pyridine rings is 1. The van der Waals surface area contributed by atoms with E-state index in [1.54, 1.807) is 25.3 Å². The van der Waals surface area contributed by atoms with Gasteiger partial charge in [-0.1, -0.05) is 18.2 Å². The number of halogens is 6. The smallest absolute Gasteiger partial charge is 0.416 e. The molecule has 2 N–H and O–H groups in total. The third-order valence-corrected chi connectivity index (χ3v) is 5.46. The fourth-order valence-corrected chi connectivity index (χ4v) is 3.63. The van der Waals surface area contributed by atoms with Gasteiger partial charge in [-0.15, -0.1) is 0 Å². The minimum absolute atomic E-state index is 0.00149. The zero-order valence-corrected chi connectivity index (χ0v) is 19.9. The zero-order valence-electron chi connectivity index (χ0n) is 19.9. The largest absolute Gasteiger partial charge is 0.492 e. The Morgan fingerprint density at radius 1 is 1.03 bits per heavy atom. The van der Waals surface area contributed by atoms with Crippen molar-refractivity contribution >= 4 is 11.6 Å². The molecule has 0 radical (unpaired) electrons. The van der Waals surface area contributed by atoms with Crippen LogP contribution in [0.4, 0.5) is 32.0 Å². The van der Waals surface area contributed by atoms with Crippen LogP contribution < -0.4 is 10.1 Å². The van der Waals surface area contributed by atoms with E-state index >= 15 is 0 Å². The van der Waals surface area contributed by atoms with Crippen molar-refractivity contribution in [2.75, 3.05) is 18.5 Å². The Morgan fingerprint density at radius 3 is 2.35 bits per heavy atom. The number of carbonyl (C=O) groups excluding carboxylic acids is 1. The maximum atomic E-state index is 14.8. The van der Waals surface area contributed by atoms with Crippen LogP contribution in [0.1, 0.15) is 29.3 Å². The maximum Gasteiger partial charge on any atom is 0.416 e. The number of aliphatic hydroxyl groups is 1. The second kappa shape index (κ2) is 11.2. The Hall–Kier alpha value is -3.60. The Bertz CT molecular complexity index is 1280. The van der Waals surface area contributed by atoms with E-state index in [-0.39, 0.29) is 11.3 Å². The second-order valence-electron chi connectivity index (χ2n) is 8.33. The average molecular weight is 526 g/mol. The van der Waals surface area contributed by atoms with Gasteiger partial charge in [-0.25, -0.2) is 13.2 Å². The lowest BCUT2D eigenvalue weighted by Gasteiger charge is -2.19. The molecule has 1 amide bonds. The molecule has 5 nitrogen and oxygen atoms in total. The maximum absolute atomic E-state index is 14.8. The fraction of sp³-hybridized carbons (Fsp3) is 0.308. The van der Waals surface area contributed by atoms with Gasteiger partial charge in [0, 0.05) is 23.9 Å². The van der Waals surface area contributed by atoms with Crippen molar-refractivity contribution in [1.29, 1.82) is 0 Å². The third-order valence-electron chi connectivity index (χ3n) is 5.46. The molecule has 1 aromatic heterocycles. The Kier molecular flexibility index (Phi) is 8.47. The highest BCUT2D eigenvalue weighted by atomic mass is 19.4. The summed E-state index contributed by atoms with van der Waals surface area (Å²) in [4.78, 5) is 16.7. The van der Waals surface area contributed by atoms with Crippen LogP contribution in [0.2, 0.25) is 0 Å². The van der Waals surface area contributed by atoms with Crippen molar-refractivity contribution in [1.82, 2.24) is 4.98 Å². The number of nitrogens with zero attached hydrogens (tertiary/aromatic N) is 1. The molecule has 0 unspecified atom stereocenters. The highest BCUT2D eigenvalue weighted by molar-refractivity contribution is 5.92. The minimum Gasteiger partial charge on any atom is -0.492 e. The highest BCUT2D eigenvalue weighted by Crippen LogP contribution is 2.36. The van der Waals surface area contributed by atoms with Gasteiger partial charge in [-0.2, -0.15) is 13.2 Å².